The van der Waals surface area contributed by atoms with Gasteiger partial charge in [0, 0.05) is 5.56 Å². The van der Waals surface area contributed by atoms with E-state index in [0.717, 1.165) is 12.1 Å². The summed E-state index contributed by atoms with van der Waals surface area (Å²) in [6.07, 6.45) is 0.689. The molecule has 0 spiro atoms. The monoisotopic (exact) mass is 229 g/mol. The Morgan fingerprint density at radius 3 is 2.60 bits per heavy atom. The molecule has 0 saturated heterocycles. The van der Waals surface area contributed by atoms with Crippen LogP contribution < -0.4 is 5.73 Å². The number of hydrogen-bond donors (Lipinski definition) is 1. The zero-order valence-corrected chi connectivity index (χ0v) is 8.91. The van der Waals surface area contributed by atoms with E-state index in [0.29, 0.717) is 6.42 Å². The third-order valence-electron chi connectivity index (χ3n) is 1.84. The summed E-state index contributed by atoms with van der Waals surface area (Å²) in [5, 5.41) is 0.0877. The Balaban J connectivity index is 3.04. The van der Waals surface area contributed by atoms with Crippen molar-refractivity contribution in [1.82, 2.24) is 0 Å². The summed E-state index contributed by atoms with van der Waals surface area (Å²) in [5.41, 5.74) is 5.80. The minimum atomic E-state index is -0.981. The second-order valence-corrected chi connectivity index (χ2v) is 3.44. The molecule has 0 heterocycles. The fourth-order valence-electron chi connectivity index (χ4n) is 0.891. The van der Waals surface area contributed by atoms with E-state index in [1.165, 1.54) is 0 Å². The molecule has 1 aromatic rings. The lowest BCUT2D eigenvalue weighted by Gasteiger charge is -1.99. The topological polar surface area (TPSA) is 26.0 Å². The average Bonchev–Trinajstić information content (AvgIpc) is 2.21. The molecule has 0 aromatic heterocycles. The van der Waals surface area contributed by atoms with E-state index in [9.17, 15) is 8.78 Å². The number of halogens is 3. The molecule has 1 unspecified atom stereocenters. The van der Waals surface area contributed by atoms with E-state index >= 15 is 0 Å². The van der Waals surface area contributed by atoms with Gasteiger partial charge in [-0.3, -0.25) is 0 Å². The van der Waals surface area contributed by atoms with Crippen molar-refractivity contribution >= 4 is 11.6 Å². The van der Waals surface area contributed by atoms with Gasteiger partial charge in [0.05, 0.1) is 11.1 Å². The first-order valence-electron chi connectivity index (χ1n) is 4.46. The molecule has 1 nitrogen and oxygen atoms in total. The van der Waals surface area contributed by atoms with Crippen LogP contribution in [0.3, 0.4) is 0 Å². The molecule has 0 saturated carbocycles. The Morgan fingerprint density at radius 2 is 2.00 bits per heavy atom. The normalized spacial score (nSPS) is 11.8. The SMILES string of the molecule is CCC(N)C#Cc1cc(F)c(F)cc1Cl. The second-order valence-electron chi connectivity index (χ2n) is 3.03. The lowest BCUT2D eigenvalue weighted by atomic mass is 10.2. The molecule has 0 aliphatic carbocycles. The molecule has 1 aromatic carbocycles. The summed E-state index contributed by atoms with van der Waals surface area (Å²) in [7, 11) is 0. The molecule has 1 rings (SSSR count). The van der Waals surface area contributed by atoms with E-state index in [1.54, 1.807) is 0 Å². The van der Waals surface area contributed by atoms with Crippen LogP contribution in [0.1, 0.15) is 18.9 Å². The van der Waals surface area contributed by atoms with E-state index in [1.807, 2.05) is 6.92 Å². The Morgan fingerprint density at radius 1 is 1.40 bits per heavy atom. The van der Waals surface area contributed by atoms with Gasteiger partial charge in [-0.1, -0.05) is 30.4 Å². The summed E-state index contributed by atoms with van der Waals surface area (Å²) in [6.45, 7) is 1.88. The maximum atomic E-state index is 12.8. The van der Waals surface area contributed by atoms with Crippen LogP contribution in [0.4, 0.5) is 8.78 Å². The maximum absolute atomic E-state index is 12.8. The Hall–Kier alpha value is -1.11. The first kappa shape index (κ1) is 12.0. The highest BCUT2D eigenvalue weighted by atomic mass is 35.5. The highest BCUT2D eigenvalue weighted by Crippen LogP contribution is 2.18. The fraction of sp³-hybridized carbons (Fsp3) is 0.273. The first-order chi connectivity index (χ1) is 7.04. The van der Waals surface area contributed by atoms with Gasteiger partial charge in [-0.25, -0.2) is 8.78 Å². The number of nitrogens with two attached hydrogens (primary N) is 1. The van der Waals surface area contributed by atoms with Crippen LogP contribution in [0.2, 0.25) is 5.02 Å². The van der Waals surface area contributed by atoms with Gasteiger partial charge in [-0.15, -0.1) is 0 Å². The summed E-state index contributed by atoms with van der Waals surface area (Å²) in [5.74, 6) is 3.36. The molecule has 15 heavy (non-hydrogen) atoms. The zero-order chi connectivity index (χ0) is 11.4. The second kappa shape index (κ2) is 5.11. The van der Waals surface area contributed by atoms with E-state index < -0.39 is 11.6 Å². The predicted molar refractivity (Wildman–Crippen MR) is 56.5 cm³/mol. The van der Waals surface area contributed by atoms with E-state index in [-0.39, 0.29) is 16.6 Å². The van der Waals surface area contributed by atoms with Crippen LogP contribution in [0.5, 0.6) is 0 Å². The van der Waals surface area contributed by atoms with Gasteiger partial charge in [0.1, 0.15) is 0 Å². The van der Waals surface area contributed by atoms with Gasteiger partial charge < -0.3 is 5.73 Å². The molecule has 4 heteroatoms. The Kier molecular flexibility index (Phi) is 4.07. The average molecular weight is 230 g/mol. The quantitative estimate of drug-likeness (QED) is 0.582. The minimum Gasteiger partial charge on any atom is -0.318 e. The Labute approximate surface area is 92.2 Å². The van der Waals surface area contributed by atoms with Gasteiger partial charge in [-0.2, -0.15) is 0 Å². The molecule has 1 atom stereocenters. The van der Waals surface area contributed by atoms with Crippen molar-refractivity contribution in [3.8, 4) is 11.8 Å². The summed E-state index contributed by atoms with van der Waals surface area (Å²) >= 11 is 5.68. The van der Waals surface area contributed by atoms with Gasteiger partial charge >= 0.3 is 0 Å². The zero-order valence-electron chi connectivity index (χ0n) is 8.15. The molecule has 80 valence electrons. The summed E-state index contributed by atoms with van der Waals surface area (Å²) < 4.78 is 25.5. The van der Waals surface area contributed by atoms with E-state index in [4.69, 9.17) is 17.3 Å². The van der Waals surface area contributed by atoms with Crippen LogP contribution in [0.15, 0.2) is 12.1 Å². The largest absolute Gasteiger partial charge is 0.318 e. The van der Waals surface area contributed by atoms with Crippen molar-refractivity contribution in [2.24, 2.45) is 5.73 Å². The van der Waals surface area contributed by atoms with Crippen molar-refractivity contribution in [3.05, 3.63) is 34.4 Å². The molecule has 0 bridgehead atoms. The van der Waals surface area contributed by atoms with Gasteiger partial charge in [-0.05, 0) is 18.6 Å². The van der Waals surface area contributed by atoms with Crippen molar-refractivity contribution < 1.29 is 8.78 Å². The van der Waals surface area contributed by atoms with Gasteiger partial charge in [0.2, 0.25) is 0 Å². The van der Waals surface area contributed by atoms with Crippen LogP contribution in [-0.4, -0.2) is 6.04 Å². The van der Waals surface area contributed by atoms with Crippen molar-refractivity contribution in [2.45, 2.75) is 19.4 Å². The summed E-state index contributed by atoms with van der Waals surface area (Å²) in [6, 6.07) is 1.58. The lowest BCUT2D eigenvalue weighted by Crippen LogP contribution is -2.15. The lowest BCUT2D eigenvalue weighted by molar-refractivity contribution is 0.508. The van der Waals surface area contributed by atoms with Crippen LogP contribution in [0.25, 0.3) is 0 Å². The molecule has 0 aliphatic rings. The van der Waals surface area contributed by atoms with Crippen molar-refractivity contribution in [2.75, 3.05) is 0 Å². The molecule has 0 radical (unpaired) electrons. The highest BCUT2D eigenvalue weighted by molar-refractivity contribution is 6.31. The first-order valence-corrected chi connectivity index (χ1v) is 4.84. The number of hydrogen-bond acceptors (Lipinski definition) is 1. The Bertz CT molecular complexity index is 421. The van der Waals surface area contributed by atoms with Crippen molar-refractivity contribution in [3.63, 3.8) is 0 Å². The van der Waals surface area contributed by atoms with Crippen LogP contribution in [-0.2, 0) is 0 Å². The van der Waals surface area contributed by atoms with Crippen LogP contribution >= 0.6 is 11.6 Å². The highest BCUT2D eigenvalue weighted by Gasteiger charge is 2.06. The minimum absolute atomic E-state index is 0.0877. The molecule has 0 aliphatic heterocycles. The summed E-state index contributed by atoms with van der Waals surface area (Å²) in [4.78, 5) is 0. The van der Waals surface area contributed by atoms with E-state index in [2.05, 4.69) is 11.8 Å². The maximum Gasteiger partial charge on any atom is 0.160 e. The molecular weight excluding hydrogens is 220 g/mol. The molecule has 0 amide bonds. The van der Waals surface area contributed by atoms with Gasteiger partial charge in [0.25, 0.3) is 0 Å². The number of benzene rings is 1. The smallest absolute Gasteiger partial charge is 0.160 e. The molecule has 0 fully saturated rings. The molecular formula is C11H10ClF2N. The third-order valence-corrected chi connectivity index (χ3v) is 2.15. The number of rotatable bonds is 1. The fourth-order valence-corrected chi connectivity index (χ4v) is 1.09. The standard InChI is InChI=1S/C11H10ClF2N/c1-2-8(15)4-3-7-5-10(13)11(14)6-9(7)12/h5-6,8H,2,15H2,1H3. The predicted octanol–water partition coefficient (Wildman–Crippen LogP) is 2.71. The molecule has 2 N–H and O–H groups in total. The third kappa shape index (κ3) is 3.19. The van der Waals surface area contributed by atoms with Crippen molar-refractivity contribution in [1.29, 1.82) is 0 Å². The van der Waals surface area contributed by atoms with Crippen LogP contribution in [0, 0.1) is 23.5 Å². The van der Waals surface area contributed by atoms with Gasteiger partial charge in [0.15, 0.2) is 11.6 Å².